The average Bonchev–Trinajstić information content (AvgIpc) is 2.51. The molecule has 2 aromatic carbocycles. The lowest BCUT2D eigenvalue weighted by Gasteiger charge is -2.07. The second-order valence-corrected chi connectivity index (χ2v) is 6.54. The first-order chi connectivity index (χ1) is 10.6. The zero-order chi connectivity index (χ0) is 15.8. The summed E-state index contributed by atoms with van der Waals surface area (Å²) < 4.78 is 0. The summed E-state index contributed by atoms with van der Waals surface area (Å²) in [5.74, 6) is 1.74. The van der Waals surface area contributed by atoms with Gasteiger partial charge in [-0.1, -0.05) is 35.3 Å². The predicted octanol–water partition coefficient (Wildman–Crippen LogP) is 5.05. The van der Waals surface area contributed by atoms with Crippen molar-refractivity contribution in [1.29, 1.82) is 0 Å². The van der Waals surface area contributed by atoms with E-state index in [1.165, 1.54) is 5.56 Å². The Labute approximate surface area is 144 Å². The highest BCUT2D eigenvalue weighted by Gasteiger charge is 2.01. The number of amides is 2. The Morgan fingerprint density at radius 1 is 0.955 bits per heavy atom. The molecule has 0 aliphatic heterocycles. The van der Waals surface area contributed by atoms with Crippen molar-refractivity contribution in [3.63, 3.8) is 0 Å². The maximum absolute atomic E-state index is 11.7. The fourth-order valence-corrected chi connectivity index (χ4v) is 2.79. The summed E-state index contributed by atoms with van der Waals surface area (Å²) in [5.41, 5.74) is 1.94. The Hall–Kier alpha value is -1.36. The van der Waals surface area contributed by atoms with E-state index in [1.54, 1.807) is 36.0 Å². The quantitative estimate of drug-likeness (QED) is 0.712. The third kappa shape index (κ3) is 6.18. The van der Waals surface area contributed by atoms with Gasteiger partial charge < -0.3 is 10.6 Å². The smallest absolute Gasteiger partial charge is 0.319 e. The molecule has 2 N–H and O–H groups in total. The van der Waals surface area contributed by atoms with Crippen molar-refractivity contribution in [3.05, 3.63) is 64.1 Å². The third-order valence-corrected chi connectivity index (χ3v) is 4.35. The number of nitrogens with one attached hydrogen (secondary N) is 2. The molecule has 2 aromatic rings. The second kappa shape index (κ2) is 8.93. The van der Waals surface area contributed by atoms with E-state index in [2.05, 4.69) is 10.6 Å². The van der Waals surface area contributed by atoms with Gasteiger partial charge in [-0.2, -0.15) is 11.8 Å². The minimum absolute atomic E-state index is 0.214. The van der Waals surface area contributed by atoms with E-state index in [1.807, 2.05) is 24.3 Å². The number of carbonyl (C=O) groups is 1. The lowest BCUT2D eigenvalue weighted by atomic mass is 10.2. The summed E-state index contributed by atoms with van der Waals surface area (Å²) in [6.45, 7) is 0.609. The van der Waals surface area contributed by atoms with Gasteiger partial charge in [-0.3, -0.25) is 0 Å². The molecular weight excluding hydrogens is 339 g/mol. The molecule has 0 unspecified atom stereocenters. The molecule has 0 heterocycles. The van der Waals surface area contributed by atoms with Crippen LogP contribution in [0.2, 0.25) is 10.0 Å². The van der Waals surface area contributed by atoms with Crippen LogP contribution in [-0.2, 0) is 5.75 Å². The largest absolute Gasteiger partial charge is 0.337 e. The minimum atomic E-state index is -0.214. The van der Waals surface area contributed by atoms with Crippen LogP contribution in [0.25, 0.3) is 0 Å². The summed E-state index contributed by atoms with van der Waals surface area (Å²) in [4.78, 5) is 11.7. The number of benzene rings is 2. The van der Waals surface area contributed by atoms with Crippen molar-refractivity contribution >= 4 is 46.7 Å². The third-order valence-electron chi connectivity index (χ3n) is 2.82. The maximum atomic E-state index is 11.7. The van der Waals surface area contributed by atoms with Crippen molar-refractivity contribution in [1.82, 2.24) is 5.32 Å². The van der Waals surface area contributed by atoms with Crippen molar-refractivity contribution < 1.29 is 4.79 Å². The second-order valence-electron chi connectivity index (χ2n) is 4.57. The van der Waals surface area contributed by atoms with Gasteiger partial charge in [0.2, 0.25) is 0 Å². The van der Waals surface area contributed by atoms with Gasteiger partial charge in [-0.25, -0.2) is 4.79 Å². The van der Waals surface area contributed by atoms with Crippen molar-refractivity contribution in [2.75, 3.05) is 17.6 Å². The molecule has 0 spiro atoms. The first kappa shape index (κ1) is 17.0. The molecule has 6 heteroatoms. The summed E-state index contributed by atoms with van der Waals surface area (Å²) in [5, 5.41) is 6.96. The number of anilines is 1. The van der Waals surface area contributed by atoms with Crippen LogP contribution >= 0.6 is 35.0 Å². The van der Waals surface area contributed by atoms with Gasteiger partial charge in [-0.05, 0) is 42.0 Å². The van der Waals surface area contributed by atoms with Crippen LogP contribution in [0.1, 0.15) is 5.56 Å². The van der Waals surface area contributed by atoms with Crippen molar-refractivity contribution in [2.45, 2.75) is 5.75 Å². The summed E-state index contributed by atoms with van der Waals surface area (Å²) in [6.07, 6.45) is 0. The van der Waals surface area contributed by atoms with Gasteiger partial charge in [0.25, 0.3) is 0 Å². The summed E-state index contributed by atoms with van der Waals surface area (Å²) in [7, 11) is 0. The molecular formula is C16H16Cl2N2OS. The number of halogens is 2. The molecule has 3 nitrogen and oxygen atoms in total. The molecule has 0 saturated heterocycles. The first-order valence-corrected chi connectivity index (χ1v) is 8.67. The van der Waals surface area contributed by atoms with Crippen LogP contribution in [0, 0.1) is 0 Å². The first-order valence-electron chi connectivity index (χ1n) is 6.76. The highest BCUT2D eigenvalue weighted by atomic mass is 35.5. The molecule has 2 rings (SSSR count). The Morgan fingerprint density at radius 3 is 2.18 bits per heavy atom. The SMILES string of the molecule is O=C(NCCSCc1ccc(Cl)cc1)Nc1ccc(Cl)cc1. The molecule has 0 bridgehead atoms. The van der Waals surface area contributed by atoms with E-state index < -0.39 is 0 Å². The van der Waals surface area contributed by atoms with E-state index in [0.29, 0.717) is 11.6 Å². The molecule has 0 aromatic heterocycles. The summed E-state index contributed by atoms with van der Waals surface area (Å²) in [6, 6.07) is 14.6. The zero-order valence-electron chi connectivity index (χ0n) is 11.8. The van der Waals surface area contributed by atoms with Gasteiger partial charge in [0.05, 0.1) is 0 Å². The van der Waals surface area contributed by atoms with Crippen LogP contribution in [0.4, 0.5) is 10.5 Å². The van der Waals surface area contributed by atoms with Gasteiger partial charge in [0, 0.05) is 33.8 Å². The van der Waals surface area contributed by atoms with E-state index in [4.69, 9.17) is 23.2 Å². The van der Waals surface area contributed by atoms with Crippen LogP contribution in [0.5, 0.6) is 0 Å². The lowest BCUT2D eigenvalue weighted by Crippen LogP contribution is -2.30. The normalized spacial score (nSPS) is 10.3. The zero-order valence-corrected chi connectivity index (χ0v) is 14.1. The molecule has 0 aliphatic carbocycles. The van der Waals surface area contributed by atoms with E-state index in [0.717, 1.165) is 22.2 Å². The molecule has 0 saturated carbocycles. The van der Waals surface area contributed by atoms with Gasteiger partial charge in [0.1, 0.15) is 0 Å². The molecule has 0 atom stereocenters. The Bertz CT molecular complexity index is 603. The molecule has 0 aliphatic rings. The van der Waals surface area contributed by atoms with Gasteiger partial charge in [-0.15, -0.1) is 0 Å². The highest BCUT2D eigenvalue weighted by Crippen LogP contribution is 2.15. The van der Waals surface area contributed by atoms with Crippen LogP contribution in [0.3, 0.4) is 0 Å². The standard InChI is InChI=1S/C16H16Cl2N2OS/c17-13-3-1-12(2-4-13)11-22-10-9-19-16(21)20-15-7-5-14(18)6-8-15/h1-8H,9-11H2,(H2,19,20,21). The molecule has 0 fully saturated rings. The number of thioether (sulfide) groups is 1. The molecule has 2 amide bonds. The van der Waals surface area contributed by atoms with E-state index in [9.17, 15) is 4.79 Å². The van der Waals surface area contributed by atoms with Gasteiger partial charge in [0.15, 0.2) is 0 Å². The number of hydrogen-bond donors (Lipinski definition) is 2. The molecule has 0 radical (unpaired) electrons. The fourth-order valence-electron chi connectivity index (χ4n) is 1.72. The molecule has 116 valence electrons. The number of carbonyl (C=O) groups excluding carboxylic acids is 1. The van der Waals surface area contributed by atoms with Gasteiger partial charge >= 0.3 is 6.03 Å². The van der Waals surface area contributed by atoms with E-state index >= 15 is 0 Å². The summed E-state index contributed by atoms with van der Waals surface area (Å²) >= 11 is 13.4. The fraction of sp³-hybridized carbons (Fsp3) is 0.188. The van der Waals surface area contributed by atoms with Crippen LogP contribution in [0.15, 0.2) is 48.5 Å². The number of rotatable bonds is 6. The Morgan fingerprint density at radius 2 is 1.55 bits per heavy atom. The maximum Gasteiger partial charge on any atom is 0.319 e. The minimum Gasteiger partial charge on any atom is -0.337 e. The lowest BCUT2D eigenvalue weighted by molar-refractivity contribution is 0.252. The van der Waals surface area contributed by atoms with Crippen LogP contribution in [-0.4, -0.2) is 18.3 Å². The van der Waals surface area contributed by atoms with E-state index in [-0.39, 0.29) is 6.03 Å². The average molecular weight is 355 g/mol. The number of hydrogen-bond acceptors (Lipinski definition) is 2. The topological polar surface area (TPSA) is 41.1 Å². The Balaban J connectivity index is 1.61. The molecule has 22 heavy (non-hydrogen) atoms. The number of urea groups is 1. The Kier molecular flexibility index (Phi) is 6.90. The van der Waals surface area contributed by atoms with Crippen LogP contribution < -0.4 is 10.6 Å². The van der Waals surface area contributed by atoms with Crippen molar-refractivity contribution in [3.8, 4) is 0 Å². The highest BCUT2D eigenvalue weighted by molar-refractivity contribution is 7.98. The monoisotopic (exact) mass is 354 g/mol. The van der Waals surface area contributed by atoms with Crippen molar-refractivity contribution in [2.24, 2.45) is 0 Å². The predicted molar refractivity (Wildman–Crippen MR) is 96.1 cm³/mol.